The predicted molar refractivity (Wildman–Crippen MR) is 143 cm³/mol. The molecular weight excluding hydrogens is 486 g/mol. The molecule has 0 radical (unpaired) electrons. The van der Waals surface area contributed by atoms with Crippen molar-refractivity contribution >= 4 is 17.4 Å². The van der Waals surface area contributed by atoms with E-state index in [9.17, 15) is 14.7 Å². The number of amides is 1. The molecule has 1 unspecified atom stereocenters. The Morgan fingerprint density at radius 1 is 0.868 bits per heavy atom. The molecule has 0 spiro atoms. The molecule has 8 heteroatoms. The summed E-state index contributed by atoms with van der Waals surface area (Å²) < 4.78 is 22.1. The fourth-order valence-electron chi connectivity index (χ4n) is 4.58. The van der Waals surface area contributed by atoms with Crippen LogP contribution in [-0.4, -0.2) is 49.1 Å². The fraction of sp³-hybridized carbons (Fsp3) is 0.267. The van der Waals surface area contributed by atoms with Crippen LogP contribution in [0.5, 0.6) is 23.0 Å². The lowest BCUT2D eigenvalue weighted by Crippen LogP contribution is -2.29. The summed E-state index contributed by atoms with van der Waals surface area (Å²) in [5.74, 6) is 0.119. The van der Waals surface area contributed by atoms with E-state index in [0.717, 1.165) is 5.56 Å². The van der Waals surface area contributed by atoms with Crippen LogP contribution in [0.15, 0.2) is 72.3 Å². The molecule has 0 saturated carbocycles. The zero-order valence-electron chi connectivity index (χ0n) is 22.1. The second-order valence-electron chi connectivity index (χ2n) is 9.04. The Hall–Kier alpha value is -4.46. The largest absolute Gasteiger partial charge is 0.507 e. The summed E-state index contributed by atoms with van der Waals surface area (Å²) in [6.45, 7) is 3.91. The maximum atomic E-state index is 13.5. The lowest BCUT2D eigenvalue weighted by Gasteiger charge is -2.26. The van der Waals surface area contributed by atoms with Gasteiger partial charge in [-0.05, 0) is 49.7 Å². The van der Waals surface area contributed by atoms with Gasteiger partial charge in [0, 0.05) is 11.6 Å². The van der Waals surface area contributed by atoms with Crippen LogP contribution in [0.3, 0.4) is 0 Å². The van der Waals surface area contributed by atoms with Gasteiger partial charge in [-0.1, -0.05) is 30.3 Å². The zero-order valence-corrected chi connectivity index (χ0v) is 22.1. The average molecular weight is 518 g/mol. The summed E-state index contributed by atoms with van der Waals surface area (Å²) in [6, 6.07) is 18.4. The van der Waals surface area contributed by atoms with Crippen LogP contribution in [0.1, 0.15) is 36.6 Å². The molecule has 1 fully saturated rings. The first kappa shape index (κ1) is 26.6. The maximum absolute atomic E-state index is 13.5. The van der Waals surface area contributed by atoms with E-state index in [2.05, 4.69) is 0 Å². The Morgan fingerprint density at radius 2 is 1.61 bits per heavy atom. The molecule has 3 aromatic carbocycles. The van der Waals surface area contributed by atoms with Crippen molar-refractivity contribution in [3.8, 4) is 23.0 Å². The highest BCUT2D eigenvalue weighted by molar-refractivity contribution is 6.46. The van der Waals surface area contributed by atoms with E-state index in [4.69, 9.17) is 18.9 Å². The molecule has 1 aliphatic rings. The van der Waals surface area contributed by atoms with Gasteiger partial charge in [-0.15, -0.1) is 0 Å². The van der Waals surface area contributed by atoms with Crippen molar-refractivity contribution in [2.45, 2.75) is 32.5 Å². The van der Waals surface area contributed by atoms with E-state index in [1.807, 2.05) is 38.1 Å². The van der Waals surface area contributed by atoms with Crippen LogP contribution < -0.4 is 18.9 Å². The highest BCUT2D eigenvalue weighted by Crippen LogP contribution is 2.43. The predicted octanol–water partition coefficient (Wildman–Crippen LogP) is 5.12. The Bertz CT molecular complexity index is 1380. The molecule has 4 rings (SSSR count). The Morgan fingerprint density at radius 3 is 2.29 bits per heavy atom. The smallest absolute Gasteiger partial charge is 0.295 e. The quantitative estimate of drug-likeness (QED) is 0.239. The number of carbonyl (C=O) groups is 2. The molecular formula is C30H31NO7. The van der Waals surface area contributed by atoms with E-state index >= 15 is 0 Å². The Balaban J connectivity index is 1.91. The molecule has 1 heterocycles. The van der Waals surface area contributed by atoms with Crippen LogP contribution in [0.4, 0.5) is 0 Å². The molecule has 1 atom stereocenters. The first-order chi connectivity index (χ1) is 18.3. The van der Waals surface area contributed by atoms with Gasteiger partial charge in [0.15, 0.2) is 0 Å². The van der Waals surface area contributed by atoms with Gasteiger partial charge in [0.1, 0.15) is 28.8 Å². The third-order valence-corrected chi connectivity index (χ3v) is 6.28. The summed E-state index contributed by atoms with van der Waals surface area (Å²) >= 11 is 0. The number of hydrogen-bond acceptors (Lipinski definition) is 7. The minimum Gasteiger partial charge on any atom is -0.507 e. The van der Waals surface area contributed by atoms with Gasteiger partial charge in [0.05, 0.1) is 51.2 Å². The number of aliphatic hydroxyl groups excluding tert-OH is 1. The van der Waals surface area contributed by atoms with Gasteiger partial charge in [-0.3, -0.25) is 9.59 Å². The molecule has 1 amide bonds. The number of nitrogens with zero attached hydrogens (tertiary/aromatic N) is 1. The number of rotatable bonds is 9. The zero-order chi connectivity index (χ0) is 27.4. The summed E-state index contributed by atoms with van der Waals surface area (Å²) in [7, 11) is 4.52. The summed E-state index contributed by atoms with van der Waals surface area (Å²) in [4.78, 5) is 28.4. The Kier molecular flexibility index (Phi) is 7.90. The molecule has 38 heavy (non-hydrogen) atoms. The molecule has 8 nitrogen and oxygen atoms in total. The number of likely N-dealkylation sites (tertiary alicyclic amines) is 1. The summed E-state index contributed by atoms with van der Waals surface area (Å²) in [6.07, 6.45) is -0.0752. The molecule has 0 bridgehead atoms. The minimum atomic E-state index is -0.887. The van der Waals surface area contributed by atoms with Crippen LogP contribution >= 0.6 is 0 Å². The van der Waals surface area contributed by atoms with Crippen molar-refractivity contribution in [1.29, 1.82) is 0 Å². The van der Waals surface area contributed by atoms with E-state index in [-0.39, 0.29) is 29.5 Å². The van der Waals surface area contributed by atoms with Crippen LogP contribution in [0.25, 0.3) is 5.76 Å². The number of benzene rings is 3. The second-order valence-corrected chi connectivity index (χ2v) is 9.04. The third-order valence-electron chi connectivity index (χ3n) is 6.28. The lowest BCUT2D eigenvalue weighted by molar-refractivity contribution is -0.140. The SMILES string of the molecule is COc1ccc(/C(O)=C2\C(=O)C(=O)N(Cc3ccccc3OC)C2c2cccc(OC(C)C)c2)c(OC)c1. The van der Waals surface area contributed by atoms with Crippen LogP contribution in [-0.2, 0) is 16.1 Å². The Labute approximate surface area is 222 Å². The first-order valence-corrected chi connectivity index (χ1v) is 12.2. The number of para-hydroxylation sites is 1. The van der Waals surface area contributed by atoms with Crippen molar-refractivity contribution in [3.05, 3.63) is 89.0 Å². The topological polar surface area (TPSA) is 94.5 Å². The second kappa shape index (κ2) is 11.3. The van der Waals surface area contributed by atoms with Crippen molar-refractivity contribution in [2.24, 2.45) is 0 Å². The van der Waals surface area contributed by atoms with Crippen molar-refractivity contribution in [3.63, 3.8) is 0 Å². The highest BCUT2D eigenvalue weighted by atomic mass is 16.5. The monoisotopic (exact) mass is 517 g/mol. The summed E-state index contributed by atoms with van der Waals surface area (Å²) in [5, 5.41) is 11.5. The highest BCUT2D eigenvalue weighted by Gasteiger charge is 2.46. The van der Waals surface area contributed by atoms with E-state index in [0.29, 0.717) is 28.6 Å². The van der Waals surface area contributed by atoms with E-state index < -0.39 is 17.7 Å². The van der Waals surface area contributed by atoms with Crippen LogP contribution in [0, 0.1) is 0 Å². The number of ether oxygens (including phenoxy) is 4. The maximum Gasteiger partial charge on any atom is 0.295 e. The number of hydrogen-bond donors (Lipinski definition) is 1. The molecule has 1 N–H and O–H groups in total. The molecule has 0 aromatic heterocycles. The van der Waals surface area contributed by atoms with Gasteiger partial charge in [-0.2, -0.15) is 0 Å². The normalized spacial score (nSPS) is 16.6. The molecule has 1 aliphatic heterocycles. The van der Waals surface area contributed by atoms with Crippen LogP contribution in [0.2, 0.25) is 0 Å². The molecule has 1 saturated heterocycles. The molecule has 0 aliphatic carbocycles. The number of ketones is 1. The number of Topliss-reactive ketones (excluding diaryl/α,β-unsaturated/α-hetero) is 1. The lowest BCUT2D eigenvalue weighted by atomic mass is 9.94. The fourth-order valence-corrected chi connectivity index (χ4v) is 4.58. The van der Waals surface area contributed by atoms with Gasteiger partial charge < -0.3 is 29.0 Å². The van der Waals surface area contributed by atoms with Gasteiger partial charge >= 0.3 is 0 Å². The number of aliphatic hydroxyl groups is 1. The van der Waals surface area contributed by atoms with E-state index in [1.165, 1.54) is 19.1 Å². The number of methoxy groups -OCH3 is 3. The molecule has 3 aromatic rings. The van der Waals surface area contributed by atoms with Crippen molar-refractivity contribution in [2.75, 3.05) is 21.3 Å². The van der Waals surface area contributed by atoms with E-state index in [1.54, 1.807) is 49.6 Å². The van der Waals surface area contributed by atoms with Gasteiger partial charge in [0.2, 0.25) is 0 Å². The number of carbonyl (C=O) groups excluding carboxylic acids is 2. The third kappa shape index (κ3) is 5.16. The minimum absolute atomic E-state index is 0.0462. The van der Waals surface area contributed by atoms with Crippen molar-refractivity contribution in [1.82, 2.24) is 4.90 Å². The van der Waals surface area contributed by atoms with Crippen molar-refractivity contribution < 1.29 is 33.6 Å². The molecule has 198 valence electrons. The standard InChI is InChI=1S/C30H31NO7/c1-18(2)38-22-11-8-10-19(15-22)27-26(28(32)23-14-13-21(35-3)16-25(23)37-5)29(33)30(34)31(27)17-20-9-6-7-12-24(20)36-4/h6-16,18,27,32H,17H2,1-5H3/b28-26+. The first-order valence-electron chi connectivity index (χ1n) is 12.2. The summed E-state index contributed by atoms with van der Waals surface area (Å²) in [5.41, 5.74) is 1.56. The van der Waals surface area contributed by atoms with Gasteiger partial charge in [0.25, 0.3) is 11.7 Å². The van der Waals surface area contributed by atoms with Gasteiger partial charge in [-0.25, -0.2) is 0 Å². The average Bonchev–Trinajstić information content (AvgIpc) is 3.17.